The van der Waals surface area contributed by atoms with Crippen molar-refractivity contribution in [3.8, 4) is 22.8 Å². The van der Waals surface area contributed by atoms with Crippen molar-refractivity contribution in [3.05, 3.63) is 103 Å². The number of furan rings is 1. The lowest BCUT2D eigenvalue weighted by atomic mass is 9.97. The first kappa shape index (κ1) is 27.7. The van der Waals surface area contributed by atoms with Crippen molar-refractivity contribution in [3.63, 3.8) is 0 Å². The van der Waals surface area contributed by atoms with Gasteiger partial charge in [0.15, 0.2) is 16.3 Å². The van der Waals surface area contributed by atoms with E-state index in [2.05, 4.69) is 4.99 Å². The highest BCUT2D eigenvalue weighted by molar-refractivity contribution is 7.07. The van der Waals surface area contributed by atoms with Crippen LogP contribution in [-0.2, 0) is 9.53 Å². The Balaban J connectivity index is 1.58. The van der Waals surface area contributed by atoms with Crippen LogP contribution in [0.4, 0.5) is 0 Å². The number of rotatable bonds is 9. The number of aromatic carboxylic acids is 1. The van der Waals surface area contributed by atoms with E-state index < -0.39 is 18.0 Å². The van der Waals surface area contributed by atoms with Crippen LogP contribution in [0.3, 0.4) is 0 Å². The summed E-state index contributed by atoms with van der Waals surface area (Å²) in [6.45, 7) is 4.58. The highest BCUT2D eigenvalue weighted by atomic mass is 32.1. The Labute approximate surface area is 238 Å². The molecule has 0 spiro atoms. The second kappa shape index (κ2) is 11.7. The Kier molecular flexibility index (Phi) is 7.88. The molecule has 2 aromatic carbocycles. The molecule has 1 N–H and O–H groups in total. The first-order valence-corrected chi connectivity index (χ1v) is 13.6. The number of methoxy groups -OCH3 is 1. The van der Waals surface area contributed by atoms with Gasteiger partial charge in [-0.3, -0.25) is 9.36 Å². The van der Waals surface area contributed by atoms with E-state index in [1.165, 1.54) is 30.0 Å². The van der Waals surface area contributed by atoms with E-state index in [1.807, 2.05) is 13.8 Å². The molecule has 0 amide bonds. The number of carboxylic acid groups (broad SMARTS) is 1. The van der Waals surface area contributed by atoms with Gasteiger partial charge >= 0.3 is 11.9 Å². The number of hydrogen-bond acceptors (Lipinski definition) is 9. The lowest BCUT2D eigenvalue weighted by molar-refractivity contribution is -0.136. The average Bonchev–Trinajstić information content (AvgIpc) is 3.57. The number of carbonyl (C=O) groups excluding carboxylic acids is 1. The zero-order valence-corrected chi connectivity index (χ0v) is 23.3. The van der Waals surface area contributed by atoms with Crippen molar-refractivity contribution in [1.82, 2.24) is 4.57 Å². The third-order valence-corrected chi connectivity index (χ3v) is 7.32. The summed E-state index contributed by atoms with van der Waals surface area (Å²) in [5.74, 6) is 0.375. The normalized spacial score (nSPS) is 14.6. The number of hydrogen-bond donors (Lipinski definition) is 1. The number of benzene rings is 2. The highest BCUT2D eigenvalue weighted by Crippen LogP contribution is 2.35. The van der Waals surface area contributed by atoms with Gasteiger partial charge in [-0.25, -0.2) is 14.6 Å². The van der Waals surface area contributed by atoms with Crippen molar-refractivity contribution in [2.75, 3.05) is 20.3 Å². The first-order chi connectivity index (χ1) is 19.8. The molecule has 10 nitrogen and oxygen atoms in total. The quantitative estimate of drug-likeness (QED) is 0.299. The maximum absolute atomic E-state index is 13.8. The zero-order valence-electron chi connectivity index (χ0n) is 22.5. The zero-order chi connectivity index (χ0) is 29.1. The average molecular weight is 575 g/mol. The van der Waals surface area contributed by atoms with E-state index in [0.29, 0.717) is 56.7 Å². The summed E-state index contributed by atoms with van der Waals surface area (Å²) < 4.78 is 24.2. The molecule has 0 unspecified atom stereocenters. The Hall–Kier alpha value is -4.90. The van der Waals surface area contributed by atoms with E-state index in [9.17, 15) is 14.4 Å². The smallest absolute Gasteiger partial charge is 0.337 e. The molecule has 41 heavy (non-hydrogen) atoms. The largest absolute Gasteiger partial charge is 0.490 e. The standard InChI is InChI=1S/C30H26N2O8S/c1-4-38-23-12-10-19(14-24(23)39-5-2)26-21(29(36)37-3)16-31-30-32(26)27(33)25(41-30)15-20-11-13-22(40-20)17-6-8-18(9-7-17)28(34)35/h6-16,26H,4-5H2,1-3H3,(H,34,35)/b25-15-/t26-/m1/s1. The van der Waals surface area contributed by atoms with Gasteiger partial charge in [-0.2, -0.15) is 0 Å². The summed E-state index contributed by atoms with van der Waals surface area (Å²) in [5, 5.41) is 9.13. The Morgan fingerprint density at radius 3 is 2.46 bits per heavy atom. The molecule has 1 atom stereocenters. The first-order valence-electron chi connectivity index (χ1n) is 12.8. The molecule has 0 saturated carbocycles. The lowest BCUT2D eigenvalue weighted by Crippen LogP contribution is -2.39. The summed E-state index contributed by atoms with van der Waals surface area (Å²) in [4.78, 5) is 42.5. The molecule has 1 aliphatic heterocycles. The molecule has 4 aromatic rings. The molecule has 5 rings (SSSR count). The number of nitrogens with zero attached hydrogens (tertiary/aromatic N) is 2. The van der Waals surface area contributed by atoms with Gasteiger partial charge in [0.25, 0.3) is 5.56 Å². The van der Waals surface area contributed by atoms with Crippen LogP contribution in [0.2, 0.25) is 0 Å². The van der Waals surface area contributed by atoms with Gasteiger partial charge in [-0.05, 0) is 55.8 Å². The minimum atomic E-state index is -1.01. The van der Waals surface area contributed by atoms with Gasteiger partial charge < -0.3 is 23.7 Å². The third-order valence-electron chi connectivity index (χ3n) is 6.32. The minimum Gasteiger partial charge on any atom is -0.490 e. The molecule has 2 aromatic heterocycles. The van der Waals surface area contributed by atoms with Crippen molar-refractivity contribution in [2.24, 2.45) is 4.99 Å². The number of aromatic nitrogens is 1. The van der Waals surface area contributed by atoms with Crippen LogP contribution < -0.4 is 24.4 Å². The van der Waals surface area contributed by atoms with Crippen LogP contribution in [0.1, 0.15) is 41.6 Å². The molecule has 0 radical (unpaired) electrons. The molecule has 0 bridgehead atoms. The van der Waals surface area contributed by atoms with Gasteiger partial charge in [-0.1, -0.05) is 29.5 Å². The summed E-state index contributed by atoms with van der Waals surface area (Å²) in [5.41, 5.74) is 1.33. The molecule has 1 aliphatic rings. The van der Waals surface area contributed by atoms with Crippen LogP contribution in [0.25, 0.3) is 17.4 Å². The number of esters is 1. The fraction of sp³-hybridized carbons (Fsp3) is 0.200. The van der Waals surface area contributed by atoms with Crippen LogP contribution in [0, 0.1) is 0 Å². The van der Waals surface area contributed by atoms with E-state index >= 15 is 0 Å². The summed E-state index contributed by atoms with van der Waals surface area (Å²) in [6, 6.07) is 14.2. The minimum absolute atomic E-state index is 0.170. The summed E-state index contributed by atoms with van der Waals surface area (Å²) in [7, 11) is 1.28. The van der Waals surface area contributed by atoms with Crippen molar-refractivity contribution >= 4 is 29.4 Å². The lowest BCUT2D eigenvalue weighted by Gasteiger charge is -2.23. The molecule has 11 heteroatoms. The van der Waals surface area contributed by atoms with E-state index in [4.69, 9.17) is 23.7 Å². The molecule has 3 heterocycles. The number of carboxylic acids is 1. The maximum atomic E-state index is 13.8. The van der Waals surface area contributed by atoms with Gasteiger partial charge in [0.05, 0.1) is 42.0 Å². The molecule has 0 saturated heterocycles. The fourth-order valence-corrected chi connectivity index (χ4v) is 5.43. The van der Waals surface area contributed by atoms with Crippen LogP contribution in [0.5, 0.6) is 11.5 Å². The van der Waals surface area contributed by atoms with Gasteiger partial charge in [0.2, 0.25) is 0 Å². The Morgan fingerprint density at radius 2 is 1.78 bits per heavy atom. The fourth-order valence-electron chi connectivity index (χ4n) is 4.48. The second-order valence-corrected chi connectivity index (χ2v) is 9.84. The topological polar surface area (TPSA) is 130 Å². The number of fused-ring (bicyclic) bond motifs is 1. The highest BCUT2D eigenvalue weighted by Gasteiger charge is 2.31. The molecule has 0 aliphatic carbocycles. The van der Waals surface area contributed by atoms with Crippen molar-refractivity contribution in [1.29, 1.82) is 0 Å². The number of thiazole rings is 1. The van der Waals surface area contributed by atoms with E-state index in [-0.39, 0.29) is 16.7 Å². The second-order valence-electron chi connectivity index (χ2n) is 8.83. The third kappa shape index (κ3) is 5.44. The maximum Gasteiger partial charge on any atom is 0.337 e. The van der Waals surface area contributed by atoms with Crippen molar-refractivity contribution < 1.29 is 33.3 Å². The molecule has 210 valence electrons. The predicted octanol–water partition coefficient (Wildman–Crippen LogP) is 3.77. The van der Waals surface area contributed by atoms with Crippen molar-refractivity contribution in [2.45, 2.75) is 19.9 Å². The number of ether oxygens (including phenoxy) is 3. The summed E-state index contributed by atoms with van der Waals surface area (Å²) in [6.07, 6.45) is 3.04. The number of carbonyl (C=O) groups is 2. The molecule has 0 fully saturated rings. The Morgan fingerprint density at radius 1 is 1.05 bits per heavy atom. The monoisotopic (exact) mass is 574 g/mol. The van der Waals surface area contributed by atoms with Gasteiger partial charge in [0.1, 0.15) is 11.5 Å². The van der Waals surface area contributed by atoms with Crippen LogP contribution in [0.15, 0.2) is 80.6 Å². The van der Waals surface area contributed by atoms with Crippen LogP contribution >= 0.6 is 11.3 Å². The van der Waals surface area contributed by atoms with E-state index in [1.54, 1.807) is 48.5 Å². The predicted molar refractivity (Wildman–Crippen MR) is 151 cm³/mol. The summed E-state index contributed by atoms with van der Waals surface area (Å²) >= 11 is 1.16. The van der Waals surface area contributed by atoms with Gasteiger partial charge in [-0.15, -0.1) is 0 Å². The SMILES string of the molecule is CCOc1ccc([C@@H]2C(C(=O)OC)=CN=c3s/c(=C\c4ccc(-c5ccc(C(=O)O)cc5)o4)c(=O)n32)cc1OCC. The van der Waals surface area contributed by atoms with E-state index in [0.717, 1.165) is 11.3 Å². The van der Waals surface area contributed by atoms with Gasteiger partial charge in [0, 0.05) is 17.8 Å². The molecular formula is C30H26N2O8S. The molecular weight excluding hydrogens is 548 g/mol. The van der Waals surface area contributed by atoms with Crippen LogP contribution in [-0.4, -0.2) is 41.9 Å². The Bertz CT molecular complexity index is 1830.